The Morgan fingerprint density at radius 1 is 1.17 bits per heavy atom. The monoisotopic (exact) mass is 160 g/mol. The molecule has 12 heavy (non-hydrogen) atoms. The third-order valence-corrected chi connectivity index (χ3v) is 1.70. The highest BCUT2D eigenvalue weighted by molar-refractivity contribution is 5.24. The van der Waals surface area contributed by atoms with E-state index in [0.717, 1.165) is 5.56 Å². The normalized spacial score (nSPS) is 15.8. The molecule has 1 heterocycles. The molecular formula is C8H8N4. The highest BCUT2D eigenvalue weighted by Crippen LogP contribution is 2.23. The molecule has 0 radical (unpaired) electrons. The van der Waals surface area contributed by atoms with E-state index in [-0.39, 0.29) is 6.17 Å². The number of hydrogen-bond acceptors (Lipinski definition) is 4. The second-order valence-electron chi connectivity index (χ2n) is 2.70. The van der Waals surface area contributed by atoms with Crippen LogP contribution in [0, 0.1) is 6.92 Å². The van der Waals surface area contributed by atoms with Crippen LogP contribution in [0.15, 0.2) is 44.9 Å². The zero-order chi connectivity index (χ0) is 8.39. The Morgan fingerprint density at radius 3 is 2.58 bits per heavy atom. The van der Waals surface area contributed by atoms with Crippen molar-refractivity contribution >= 4 is 0 Å². The molecule has 0 aliphatic carbocycles. The standard InChI is InChI=1S/C8H8N4/c1-6-3-2-4-7(5-6)8-9-11-12-10-8/h2-5,8H,1H3. The largest absolute Gasteiger partial charge is 0.210 e. The van der Waals surface area contributed by atoms with E-state index in [2.05, 4.69) is 20.7 Å². The summed E-state index contributed by atoms with van der Waals surface area (Å²) in [6, 6.07) is 8.02. The zero-order valence-electron chi connectivity index (χ0n) is 6.68. The molecule has 0 bridgehead atoms. The number of rotatable bonds is 1. The number of nitrogens with zero attached hydrogens (tertiary/aromatic N) is 4. The lowest BCUT2D eigenvalue weighted by atomic mass is 10.1. The lowest BCUT2D eigenvalue weighted by Gasteiger charge is -2.01. The van der Waals surface area contributed by atoms with E-state index in [0.29, 0.717) is 0 Å². The first-order chi connectivity index (χ1) is 5.86. The highest BCUT2D eigenvalue weighted by Gasteiger charge is 2.11. The lowest BCUT2D eigenvalue weighted by Crippen LogP contribution is -1.87. The Bertz CT molecular complexity index is 331. The molecule has 2 rings (SSSR count). The maximum absolute atomic E-state index is 3.84. The summed E-state index contributed by atoms with van der Waals surface area (Å²) >= 11 is 0. The minimum atomic E-state index is -0.218. The number of hydrogen-bond donors (Lipinski definition) is 0. The van der Waals surface area contributed by atoms with Gasteiger partial charge in [0.1, 0.15) is 0 Å². The van der Waals surface area contributed by atoms with Gasteiger partial charge in [0.2, 0.25) is 6.17 Å². The molecule has 1 aromatic rings. The van der Waals surface area contributed by atoms with Gasteiger partial charge in [0, 0.05) is 5.56 Å². The Balaban J connectivity index is 2.34. The van der Waals surface area contributed by atoms with Crippen molar-refractivity contribution in [2.45, 2.75) is 13.1 Å². The van der Waals surface area contributed by atoms with Crippen LogP contribution in [0.2, 0.25) is 0 Å². The molecule has 0 unspecified atom stereocenters. The maximum atomic E-state index is 3.84. The van der Waals surface area contributed by atoms with Crippen LogP contribution in [0.3, 0.4) is 0 Å². The van der Waals surface area contributed by atoms with E-state index in [4.69, 9.17) is 0 Å². The van der Waals surface area contributed by atoms with Gasteiger partial charge in [0.05, 0.1) is 0 Å². The molecule has 1 aliphatic heterocycles. The average molecular weight is 160 g/mol. The molecular weight excluding hydrogens is 152 g/mol. The van der Waals surface area contributed by atoms with Crippen LogP contribution in [-0.4, -0.2) is 0 Å². The van der Waals surface area contributed by atoms with Crippen LogP contribution in [-0.2, 0) is 0 Å². The van der Waals surface area contributed by atoms with Gasteiger partial charge in [-0.3, -0.25) is 0 Å². The van der Waals surface area contributed by atoms with Gasteiger partial charge >= 0.3 is 0 Å². The van der Waals surface area contributed by atoms with Crippen molar-refractivity contribution in [2.24, 2.45) is 20.7 Å². The van der Waals surface area contributed by atoms with Crippen LogP contribution >= 0.6 is 0 Å². The van der Waals surface area contributed by atoms with Crippen LogP contribution in [0.5, 0.6) is 0 Å². The first kappa shape index (κ1) is 7.09. The van der Waals surface area contributed by atoms with Gasteiger partial charge in [-0.15, -0.1) is 10.2 Å². The van der Waals surface area contributed by atoms with Crippen molar-refractivity contribution in [1.82, 2.24) is 0 Å². The Kier molecular flexibility index (Phi) is 1.66. The molecule has 1 aliphatic rings. The number of benzene rings is 1. The fourth-order valence-corrected chi connectivity index (χ4v) is 1.13. The molecule has 0 amide bonds. The molecule has 60 valence electrons. The third-order valence-electron chi connectivity index (χ3n) is 1.70. The molecule has 0 aromatic heterocycles. The fourth-order valence-electron chi connectivity index (χ4n) is 1.13. The average Bonchev–Trinajstić information content (AvgIpc) is 2.56. The number of aryl methyl sites for hydroxylation is 1. The van der Waals surface area contributed by atoms with E-state index < -0.39 is 0 Å². The van der Waals surface area contributed by atoms with Crippen LogP contribution in [0.25, 0.3) is 0 Å². The van der Waals surface area contributed by atoms with Gasteiger partial charge < -0.3 is 0 Å². The van der Waals surface area contributed by atoms with Gasteiger partial charge in [-0.05, 0) is 17.4 Å². The lowest BCUT2D eigenvalue weighted by molar-refractivity contribution is 0.764. The van der Waals surface area contributed by atoms with Crippen molar-refractivity contribution < 1.29 is 0 Å². The molecule has 0 atom stereocenters. The summed E-state index contributed by atoms with van der Waals surface area (Å²) in [5.41, 5.74) is 2.24. The van der Waals surface area contributed by atoms with Gasteiger partial charge in [-0.1, -0.05) is 29.8 Å². The topological polar surface area (TPSA) is 49.4 Å². The second kappa shape index (κ2) is 2.81. The van der Waals surface area contributed by atoms with Crippen LogP contribution in [0.1, 0.15) is 17.3 Å². The SMILES string of the molecule is Cc1cccc(C2N=NN=N2)c1. The second-order valence-corrected chi connectivity index (χ2v) is 2.70. The van der Waals surface area contributed by atoms with Gasteiger partial charge in [-0.25, -0.2) is 0 Å². The molecule has 4 heteroatoms. The molecule has 0 saturated carbocycles. The van der Waals surface area contributed by atoms with E-state index in [1.165, 1.54) is 5.56 Å². The van der Waals surface area contributed by atoms with Crippen molar-refractivity contribution in [3.63, 3.8) is 0 Å². The van der Waals surface area contributed by atoms with E-state index in [1.807, 2.05) is 31.2 Å². The molecule has 0 spiro atoms. The maximum Gasteiger partial charge on any atom is 0.210 e. The molecule has 0 saturated heterocycles. The minimum absolute atomic E-state index is 0.218. The Morgan fingerprint density at radius 2 is 1.92 bits per heavy atom. The van der Waals surface area contributed by atoms with E-state index >= 15 is 0 Å². The molecule has 0 N–H and O–H groups in total. The first-order valence-corrected chi connectivity index (χ1v) is 3.73. The molecule has 4 nitrogen and oxygen atoms in total. The predicted molar refractivity (Wildman–Crippen MR) is 43.6 cm³/mol. The van der Waals surface area contributed by atoms with Crippen molar-refractivity contribution in [2.75, 3.05) is 0 Å². The smallest absolute Gasteiger partial charge is 0.133 e. The van der Waals surface area contributed by atoms with E-state index in [1.54, 1.807) is 0 Å². The summed E-state index contributed by atoms with van der Waals surface area (Å²) in [7, 11) is 0. The minimum Gasteiger partial charge on any atom is -0.133 e. The predicted octanol–water partition coefficient (Wildman–Crippen LogP) is 2.83. The van der Waals surface area contributed by atoms with Gasteiger partial charge in [-0.2, -0.15) is 0 Å². The van der Waals surface area contributed by atoms with Crippen LogP contribution in [0.4, 0.5) is 0 Å². The Hall–Kier alpha value is -1.58. The van der Waals surface area contributed by atoms with Crippen molar-refractivity contribution in [3.05, 3.63) is 35.4 Å². The molecule has 1 aromatic carbocycles. The van der Waals surface area contributed by atoms with Crippen LogP contribution < -0.4 is 0 Å². The Labute approximate surface area is 70.0 Å². The third kappa shape index (κ3) is 1.23. The van der Waals surface area contributed by atoms with E-state index in [9.17, 15) is 0 Å². The van der Waals surface area contributed by atoms with Crippen molar-refractivity contribution in [1.29, 1.82) is 0 Å². The summed E-state index contributed by atoms with van der Waals surface area (Å²) in [5.74, 6) is 0. The quantitative estimate of drug-likeness (QED) is 0.606. The molecule has 0 fully saturated rings. The first-order valence-electron chi connectivity index (χ1n) is 3.73. The van der Waals surface area contributed by atoms with Gasteiger partial charge in [0.15, 0.2) is 0 Å². The van der Waals surface area contributed by atoms with Crippen molar-refractivity contribution in [3.8, 4) is 0 Å². The summed E-state index contributed by atoms with van der Waals surface area (Å²) in [6.07, 6.45) is -0.218. The zero-order valence-corrected chi connectivity index (χ0v) is 6.68. The van der Waals surface area contributed by atoms with Gasteiger partial charge in [0.25, 0.3) is 0 Å². The fraction of sp³-hybridized carbons (Fsp3) is 0.250. The summed E-state index contributed by atoms with van der Waals surface area (Å²) in [5, 5.41) is 14.6. The summed E-state index contributed by atoms with van der Waals surface area (Å²) in [4.78, 5) is 0. The summed E-state index contributed by atoms with van der Waals surface area (Å²) < 4.78 is 0. The summed E-state index contributed by atoms with van der Waals surface area (Å²) in [6.45, 7) is 2.03. The highest BCUT2D eigenvalue weighted by atomic mass is 15.6.